The van der Waals surface area contributed by atoms with Crippen LogP contribution in [0.5, 0.6) is 0 Å². The Hall–Kier alpha value is 0.114. The summed E-state index contributed by atoms with van der Waals surface area (Å²) in [6.07, 6.45) is 8.78. The van der Waals surface area contributed by atoms with E-state index in [4.69, 9.17) is 36.0 Å². The van der Waals surface area contributed by atoms with Gasteiger partial charge in [0.15, 0.2) is 0 Å². The van der Waals surface area contributed by atoms with Crippen LogP contribution >= 0.6 is 0 Å². The quantitative estimate of drug-likeness (QED) is 0.239. The highest BCUT2D eigenvalue weighted by atomic mass is 28.4. The van der Waals surface area contributed by atoms with E-state index in [0.717, 1.165) is 31.4 Å². The van der Waals surface area contributed by atoms with Gasteiger partial charge < -0.3 is 36.0 Å². The van der Waals surface area contributed by atoms with Gasteiger partial charge in [-0.3, -0.25) is 0 Å². The SMILES string of the molecule is CO[Si](CCCOC12CC3CC(C1)CC(OCCC[Si](OC)(OC)OC)(C3)C2)(OC)OC. The van der Waals surface area contributed by atoms with Gasteiger partial charge in [0, 0.05) is 74.4 Å². The Bertz CT molecular complexity index is 508. The molecule has 0 heterocycles. The maximum atomic E-state index is 6.63. The van der Waals surface area contributed by atoms with Gasteiger partial charge in [0.2, 0.25) is 0 Å². The summed E-state index contributed by atoms with van der Waals surface area (Å²) >= 11 is 0. The van der Waals surface area contributed by atoms with Crippen molar-refractivity contribution in [2.24, 2.45) is 11.8 Å². The van der Waals surface area contributed by atoms with Gasteiger partial charge in [0.25, 0.3) is 0 Å². The predicted molar refractivity (Wildman–Crippen MR) is 124 cm³/mol. The van der Waals surface area contributed by atoms with E-state index in [9.17, 15) is 0 Å². The Morgan fingerprint density at radius 2 is 0.938 bits per heavy atom. The largest absolute Gasteiger partial charge is 0.500 e. The fourth-order valence-corrected chi connectivity index (χ4v) is 10.1. The molecular formula is C22H44O8Si2. The lowest BCUT2D eigenvalue weighted by molar-refractivity contribution is -0.237. The van der Waals surface area contributed by atoms with Gasteiger partial charge in [0.05, 0.1) is 11.2 Å². The van der Waals surface area contributed by atoms with Gasteiger partial charge in [0.1, 0.15) is 0 Å². The predicted octanol–water partition coefficient (Wildman–Crippen LogP) is 3.65. The van der Waals surface area contributed by atoms with Crippen LogP contribution in [0.1, 0.15) is 51.4 Å². The van der Waals surface area contributed by atoms with E-state index in [1.807, 2.05) is 0 Å². The summed E-state index contributed by atoms with van der Waals surface area (Å²) in [7, 11) is 4.92. The van der Waals surface area contributed by atoms with Gasteiger partial charge >= 0.3 is 17.6 Å². The normalized spacial score (nSPS) is 32.1. The summed E-state index contributed by atoms with van der Waals surface area (Å²) in [6.45, 7) is 1.42. The first kappa shape index (κ1) is 26.7. The van der Waals surface area contributed by atoms with Crippen molar-refractivity contribution in [3.05, 3.63) is 0 Å². The highest BCUT2D eigenvalue weighted by Gasteiger charge is 2.59. The Morgan fingerprint density at radius 1 is 0.594 bits per heavy atom. The average molecular weight is 493 g/mol. The third-order valence-electron chi connectivity index (χ3n) is 7.89. The smallest absolute Gasteiger partial charge is 0.377 e. The molecule has 0 unspecified atom stereocenters. The van der Waals surface area contributed by atoms with Crippen molar-refractivity contribution in [2.45, 2.75) is 74.7 Å². The second-order valence-electron chi connectivity index (χ2n) is 9.82. The molecule has 0 atom stereocenters. The molecule has 0 spiro atoms. The first-order chi connectivity index (χ1) is 15.3. The zero-order valence-corrected chi connectivity index (χ0v) is 22.9. The minimum Gasteiger partial charge on any atom is -0.377 e. The van der Waals surface area contributed by atoms with Gasteiger partial charge in [-0.15, -0.1) is 0 Å². The molecule has 0 aliphatic heterocycles. The lowest BCUT2D eigenvalue weighted by atomic mass is 9.52. The third-order valence-corrected chi connectivity index (χ3v) is 13.6. The first-order valence-corrected chi connectivity index (χ1v) is 15.8. The second kappa shape index (κ2) is 11.2. The molecule has 4 aliphatic rings. The molecule has 0 aromatic heterocycles. The van der Waals surface area contributed by atoms with Crippen LogP contribution in [0.15, 0.2) is 0 Å². The molecule has 4 bridgehead atoms. The molecule has 4 saturated carbocycles. The molecule has 0 amide bonds. The fourth-order valence-electron chi connectivity index (χ4n) is 6.70. The molecule has 0 saturated heterocycles. The molecular weight excluding hydrogens is 448 g/mol. The molecule has 0 N–H and O–H groups in total. The van der Waals surface area contributed by atoms with Crippen LogP contribution in [0.2, 0.25) is 12.1 Å². The van der Waals surface area contributed by atoms with Crippen LogP contribution in [-0.4, -0.2) is 84.7 Å². The van der Waals surface area contributed by atoms with E-state index < -0.39 is 17.6 Å². The Balaban J connectivity index is 1.52. The summed E-state index contributed by atoms with van der Waals surface area (Å²) in [5.41, 5.74) is -0.0722. The molecule has 4 aliphatic carbocycles. The number of hydrogen-bond acceptors (Lipinski definition) is 8. The van der Waals surface area contributed by atoms with Crippen molar-refractivity contribution in [2.75, 3.05) is 55.9 Å². The monoisotopic (exact) mass is 492 g/mol. The molecule has 0 aromatic rings. The Kier molecular flexibility index (Phi) is 9.38. The van der Waals surface area contributed by atoms with Crippen molar-refractivity contribution in [1.29, 1.82) is 0 Å². The molecule has 188 valence electrons. The van der Waals surface area contributed by atoms with E-state index in [2.05, 4.69) is 0 Å². The highest BCUT2D eigenvalue weighted by molar-refractivity contribution is 6.60. The van der Waals surface area contributed by atoms with E-state index in [0.29, 0.717) is 25.0 Å². The van der Waals surface area contributed by atoms with Crippen LogP contribution in [0.25, 0.3) is 0 Å². The van der Waals surface area contributed by atoms with Crippen molar-refractivity contribution >= 4 is 17.6 Å². The number of ether oxygens (including phenoxy) is 2. The minimum absolute atomic E-state index is 0.0361. The average Bonchev–Trinajstić information content (AvgIpc) is 2.79. The van der Waals surface area contributed by atoms with E-state index in [1.54, 1.807) is 42.7 Å². The number of rotatable bonds is 16. The molecule has 8 nitrogen and oxygen atoms in total. The summed E-state index contributed by atoms with van der Waals surface area (Å²) in [6, 6.07) is 1.54. The lowest BCUT2D eigenvalue weighted by Crippen LogP contribution is -2.61. The molecule has 4 fully saturated rings. The lowest BCUT2D eigenvalue weighted by Gasteiger charge is -2.61. The van der Waals surface area contributed by atoms with Crippen LogP contribution in [-0.2, 0) is 36.0 Å². The van der Waals surface area contributed by atoms with Gasteiger partial charge in [-0.25, -0.2) is 0 Å². The van der Waals surface area contributed by atoms with Gasteiger partial charge in [-0.2, -0.15) is 0 Å². The van der Waals surface area contributed by atoms with Gasteiger partial charge in [-0.1, -0.05) is 0 Å². The zero-order valence-electron chi connectivity index (χ0n) is 20.9. The number of hydrogen-bond donors (Lipinski definition) is 0. The summed E-state index contributed by atoms with van der Waals surface area (Å²) < 4.78 is 46.5. The summed E-state index contributed by atoms with van der Waals surface area (Å²) in [5.74, 6) is 1.43. The fraction of sp³-hybridized carbons (Fsp3) is 1.00. The van der Waals surface area contributed by atoms with Crippen molar-refractivity contribution < 1.29 is 36.0 Å². The first-order valence-electron chi connectivity index (χ1n) is 11.9. The van der Waals surface area contributed by atoms with Crippen molar-refractivity contribution in [1.82, 2.24) is 0 Å². The Morgan fingerprint density at radius 3 is 1.25 bits per heavy atom. The molecule has 4 rings (SSSR count). The van der Waals surface area contributed by atoms with Crippen LogP contribution < -0.4 is 0 Å². The van der Waals surface area contributed by atoms with Crippen molar-refractivity contribution in [3.8, 4) is 0 Å². The molecule has 0 aromatic carbocycles. The topological polar surface area (TPSA) is 73.8 Å². The maximum Gasteiger partial charge on any atom is 0.500 e. The van der Waals surface area contributed by atoms with Crippen LogP contribution in [0.4, 0.5) is 0 Å². The zero-order chi connectivity index (χ0) is 23.3. The molecule has 0 radical (unpaired) electrons. The summed E-state index contributed by atoms with van der Waals surface area (Å²) in [5, 5.41) is 0. The second-order valence-corrected chi connectivity index (χ2v) is 16.0. The van der Waals surface area contributed by atoms with Gasteiger partial charge in [-0.05, 0) is 56.8 Å². The molecule has 32 heavy (non-hydrogen) atoms. The third kappa shape index (κ3) is 5.84. The van der Waals surface area contributed by atoms with Crippen molar-refractivity contribution in [3.63, 3.8) is 0 Å². The van der Waals surface area contributed by atoms with E-state index >= 15 is 0 Å². The van der Waals surface area contributed by atoms with E-state index in [1.165, 1.54) is 32.1 Å². The van der Waals surface area contributed by atoms with E-state index in [-0.39, 0.29) is 11.2 Å². The summed E-state index contributed by atoms with van der Waals surface area (Å²) in [4.78, 5) is 0. The molecule has 10 heteroatoms. The van der Waals surface area contributed by atoms with Crippen LogP contribution in [0, 0.1) is 11.8 Å². The Labute approximate surface area is 196 Å². The standard InChI is InChI=1S/C22H44O8Si2/c1-23-31(24-2,25-3)11-7-9-29-21-14-19-13-20(15-21)17-22(16-19,18-21)30-10-8-12-32(26-4,27-5)28-6/h19-20H,7-18H2,1-6H3. The highest BCUT2D eigenvalue weighted by Crippen LogP contribution is 2.60. The minimum atomic E-state index is -2.54. The maximum absolute atomic E-state index is 6.63. The van der Waals surface area contributed by atoms with Crippen LogP contribution in [0.3, 0.4) is 0 Å².